The number of hydrogen-bond acceptors (Lipinski definition) is 10. The van der Waals surface area contributed by atoms with Crippen LogP contribution in [-0.4, -0.2) is 64.6 Å². The molecule has 1 spiro atoms. The molecule has 9 nitrogen and oxygen atoms in total. The molecule has 0 radical (unpaired) electrons. The zero-order valence-corrected chi connectivity index (χ0v) is 24.1. The molecule has 4 aliphatic rings. The Labute approximate surface area is 239 Å². The van der Waals surface area contributed by atoms with Gasteiger partial charge in [0, 0.05) is 46.2 Å². The summed E-state index contributed by atoms with van der Waals surface area (Å²) < 4.78 is 12.0. The van der Waals surface area contributed by atoms with Crippen LogP contribution in [0, 0.1) is 16.7 Å². The number of allylic oxidation sites excluding steroid dienone is 1. The third-order valence-corrected chi connectivity index (χ3v) is 10.5. The first-order chi connectivity index (χ1) is 19.3. The van der Waals surface area contributed by atoms with Crippen molar-refractivity contribution in [2.75, 3.05) is 32.5 Å². The first-order valence-electron chi connectivity index (χ1n) is 14.5. The van der Waals surface area contributed by atoms with Crippen molar-refractivity contribution in [2.45, 2.75) is 88.2 Å². The number of aliphatic hydroxyl groups excluding tert-OH is 1. The molecule has 0 unspecified atom stereocenters. The molecule has 2 aromatic heterocycles. The zero-order valence-electron chi connectivity index (χ0n) is 23.3. The molecule has 212 valence electrons. The summed E-state index contributed by atoms with van der Waals surface area (Å²) in [4.78, 5) is 12.9. The summed E-state index contributed by atoms with van der Waals surface area (Å²) in [6, 6.07) is 4.51. The van der Waals surface area contributed by atoms with E-state index in [1.165, 1.54) is 11.3 Å². The Morgan fingerprint density at radius 1 is 1.30 bits per heavy atom. The molecule has 1 saturated carbocycles. The molecular formula is C30H38N6O3S. The fraction of sp³-hybridized carbons (Fsp3) is 0.600. The average Bonchev–Trinajstić information content (AvgIpc) is 3.70. The summed E-state index contributed by atoms with van der Waals surface area (Å²) in [5, 5.41) is 31.6. The number of anilines is 1. The molecule has 0 amide bonds. The maximum Gasteiger partial charge on any atom is 0.217 e. The van der Waals surface area contributed by atoms with Gasteiger partial charge in [0.2, 0.25) is 5.88 Å². The maximum absolute atomic E-state index is 11.7. The van der Waals surface area contributed by atoms with E-state index in [1.807, 2.05) is 6.07 Å². The van der Waals surface area contributed by atoms with E-state index in [0.29, 0.717) is 53.4 Å². The number of likely N-dealkylation sites (N-methyl/N-ethyl adjacent to an activating group) is 1. The number of nitrogens with two attached hydrogens (primary N) is 1. The number of ether oxygens (including phenoxy) is 2. The van der Waals surface area contributed by atoms with Crippen LogP contribution in [0.1, 0.15) is 91.7 Å². The van der Waals surface area contributed by atoms with Crippen LogP contribution < -0.4 is 10.5 Å². The van der Waals surface area contributed by atoms with Crippen molar-refractivity contribution >= 4 is 27.8 Å². The third-order valence-electron chi connectivity index (χ3n) is 9.41. The molecule has 40 heavy (non-hydrogen) atoms. The van der Waals surface area contributed by atoms with Crippen molar-refractivity contribution in [3.8, 4) is 11.9 Å². The molecule has 2 aliphatic heterocycles. The van der Waals surface area contributed by atoms with E-state index in [2.05, 4.69) is 24.9 Å². The van der Waals surface area contributed by atoms with Crippen LogP contribution in [0.3, 0.4) is 0 Å². The normalized spacial score (nSPS) is 28.9. The second-order valence-electron chi connectivity index (χ2n) is 11.8. The molecule has 10 heteroatoms. The monoisotopic (exact) mass is 562 g/mol. The molecule has 6 rings (SSSR count). The number of aromatic nitrogens is 2. The molecule has 4 atom stereocenters. The molecule has 2 saturated heterocycles. The van der Waals surface area contributed by atoms with Gasteiger partial charge in [-0.05, 0) is 83.9 Å². The Morgan fingerprint density at radius 2 is 2.10 bits per heavy atom. The Balaban J connectivity index is 1.39. The second-order valence-corrected chi connectivity index (χ2v) is 12.9. The minimum absolute atomic E-state index is 0.0610. The zero-order chi connectivity index (χ0) is 28.0. The lowest BCUT2D eigenvalue weighted by Crippen LogP contribution is -2.42. The van der Waals surface area contributed by atoms with Crippen LogP contribution in [-0.2, 0) is 16.6 Å². The Bertz CT molecular complexity index is 1390. The highest BCUT2D eigenvalue weighted by atomic mass is 32.1. The van der Waals surface area contributed by atoms with E-state index < -0.39 is 5.41 Å². The number of likely N-dealkylation sites (tertiary alicyclic amines) is 1. The summed E-state index contributed by atoms with van der Waals surface area (Å²) in [5.41, 5.74) is 8.78. The first-order valence-corrected chi connectivity index (χ1v) is 15.3. The predicted octanol–water partition coefficient (Wildman–Crippen LogP) is 5.10. The number of aryl methyl sites for hydroxylation is 1. The number of hydrogen-bond donors (Lipinski definition) is 3. The Hall–Kier alpha value is -3.00. The number of nitrogens with zero attached hydrogens (tertiary/aromatic N) is 4. The van der Waals surface area contributed by atoms with Crippen LogP contribution in [0.25, 0.3) is 5.76 Å². The van der Waals surface area contributed by atoms with Gasteiger partial charge in [-0.25, -0.2) is 4.98 Å². The Morgan fingerprint density at radius 3 is 2.80 bits per heavy atom. The van der Waals surface area contributed by atoms with Crippen molar-refractivity contribution in [1.29, 1.82) is 10.7 Å². The SMILES string of the molecule is C[C@H](Oc1cc([C@@H]2CCOC2)nc(/C(O)=C2\CCC[C@@]3(CCCc4sc(N)c(C#N)c43)C2=N)n1)[C@@H]1CCCN1C. The third kappa shape index (κ3) is 4.58. The van der Waals surface area contributed by atoms with E-state index in [9.17, 15) is 15.8 Å². The van der Waals surface area contributed by atoms with Gasteiger partial charge in [0.25, 0.3) is 0 Å². The molecule has 4 N–H and O–H groups in total. The topological polar surface area (TPSA) is 141 Å². The van der Waals surface area contributed by atoms with Crippen molar-refractivity contribution in [3.05, 3.63) is 39.2 Å². The van der Waals surface area contributed by atoms with Crippen LogP contribution in [0.15, 0.2) is 11.6 Å². The van der Waals surface area contributed by atoms with Crippen LogP contribution in [0.2, 0.25) is 0 Å². The largest absolute Gasteiger partial charge is 0.504 e. The maximum atomic E-state index is 11.7. The highest BCUT2D eigenvalue weighted by Crippen LogP contribution is 2.52. The fourth-order valence-electron chi connectivity index (χ4n) is 7.33. The molecule has 0 bridgehead atoms. The van der Waals surface area contributed by atoms with Crippen molar-refractivity contribution in [2.24, 2.45) is 0 Å². The molecule has 2 aromatic rings. The van der Waals surface area contributed by atoms with Crippen molar-refractivity contribution < 1.29 is 14.6 Å². The number of nitrogens with one attached hydrogen (secondary N) is 1. The van der Waals surface area contributed by atoms with Crippen LogP contribution in [0.5, 0.6) is 5.88 Å². The van der Waals surface area contributed by atoms with Gasteiger partial charge in [0.05, 0.1) is 17.9 Å². The second kappa shape index (κ2) is 10.8. The quantitative estimate of drug-likeness (QED) is 0.427. The predicted molar refractivity (Wildman–Crippen MR) is 155 cm³/mol. The minimum atomic E-state index is -0.619. The summed E-state index contributed by atoms with van der Waals surface area (Å²) in [7, 11) is 2.13. The van der Waals surface area contributed by atoms with Gasteiger partial charge < -0.3 is 25.7 Å². The lowest BCUT2D eigenvalue weighted by atomic mass is 9.60. The highest BCUT2D eigenvalue weighted by molar-refractivity contribution is 7.16. The van der Waals surface area contributed by atoms with E-state index >= 15 is 0 Å². The van der Waals surface area contributed by atoms with Gasteiger partial charge in [-0.3, -0.25) is 4.90 Å². The average molecular weight is 563 g/mol. The van der Waals surface area contributed by atoms with Gasteiger partial charge >= 0.3 is 0 Å². The van der Waals surface area contributed by atoms with E-state index in [0.717, 1.165) is 74.0 Å². The van der Waals surface area contributed by atoms with E-state index in [-0.39, 0.29) is 23.6 Å². The number of aliphatic hydroxyl groups is 1. The fourth-order valence-corrected chi connectivity index (χ4v) is 8.49. The molecule has 2 aliphatic carbocycles. The summed E-state index contributed by atoms with van der Waals surface area (Å²) in [6.07, 6.45) is 7.69. The molecular weight excluding hydrogens is 524 g/mol. The Kier molecular flexibility index (Phi) is 7.32. The first kappa shape index (κ1) is 27.2. The van der Waals surface area contributed by atoms with Gasteiger partial charge in [-0.2, -0.15) is 10.2 Å². The minimum Gasteiger partial charge on any atom is -0.504 e. The van der Waals surface area contributed by atoms with Crippen LogP contribution >= 0.6 is 11.3 Å². The van der Waals surface area contributed by atoms with Crippen LogP contribution in [0.4, 0.5) is 5.00 Å². The van der Waals surface area contributed by atoms with Crippen molar-refractivity contribution in [1.82, 2.24) is 14.9 Å². The summed E-state index contributed by atoms with van der Waals surface area (Å²) >= 11 is 1.47. The number of fused-ring (bicyclic) bond motifs is 2. The number of nitriles is 1. The highest BCUT2D eigenvalue weighted by Gasteiger charge is 2.47. The van der Waals surface area contributed by atoms with Crippen molar-refractivity contribution in [3.63, 3.8) is 0 Å². The molecule has 0 aromatic carbocycles. The summed E-state index contributed by atoms with van der Waals surface area (Å²) in [6.45, 7) is 4.38. The smallest absolute Gasteiger partial charge is 0.217 e. The van der Waals surface area contributed by atoms with Gasteiger partial charge in [-0.1, -0.05) is 0 Å². The molecule has 3 fully saturated rings. The lowest BCUT2D eigenvalue weighted by molar-refractivity contribution is 0.116. The van der Waals surface area contributed by atoms with E-state index in [4.69, 9.17) is 25.2 Å². The van der Waals surface area contributed by atoms with E-state index in [1.54, 1.807) is 0 Å². The van der Waals surface area contributed by atoms with Gasteiger partial charge in [0.1, 0.15) is 17.2 Å². The summed E-state index contributed by atoms with van der Waals surface area (Å²) in [5.74, 6) is 0.691. The lowest BCUT2D eigenvalue weighted by Gasteiger charge is -2.42. The molecule has 4 heterocycles. The van der Waals surface area contributed by atoms with Gasteiger partial charge in [0.15, 0.2) is 11.6 Å². The number of rotatable bonds is 5. The van der Waals surface area contributed by atoms with Gasteiger partial charge in [-0.15, -0.1) is 11.3 Å². The number of nitrogen functional groups attached to an aromatic ring is 1. The standard InChI is InChI=1S/C30H38N6O3S/c1-17(22-7-5-12-36(22)2)39-24-14-21(18-9-13-38-16-18)34-29(35-24)26(37)19-6-3-10-30(27(19)32)11-4-8-23-25(30)20(15-31)28(33)40-23/h14,17-18,22,32,37H,3-13,16,33H2,1-2H3/b26-19-,32-27?/t17-,18+,22-,30-/m0/s1. The number of thiophene rings is 1.